The number of benzene rings is 3. The maximum Gasteiger partial charge on any atom is 0.335 e. The van der Waals surface area contributed by atoms with Crippen LogP contribution in [0.25, 0.3) is 10.8 Å². The van der Waals surface area contributed by atoms with E-state index in [1.165, 1.54) is 4.90 Å². The summed E-state index contributed by atoms with van der Waals surface area (Å²) in [6, 6.07) is 21.8. The minimum Gasteiger partial charge on any atom is -0.425 e. The summed E-state index contributed by atoms with van der Waals surface area (Å²) in [5, 5.41) is 2.01. The van der Waals surface area contributed by atoms with Crippen LogP contribution in [0.3, 0.4) is 0 Å². The lowest BCUT2D eigenvalue weighted by Crippen LogP contribution is -2.49. The molecule has 5 heteroatoms. The second-order valence-electron chi connectivity index (χ2n) is 9.57. The smallest absolute Gasteiger partial charge is 0.335 e. The Hall–Kier alpha value is -3.47. The third-order valence-corrected chi connectivity index (χ3v) is 7.76. The molecule has 0 aromatic heterocycles. The van der Waals surface area contributed by atoms with E-state index >= 15 is 0 Å². The fraction of sp³-hybridized carbons (Fsp3) is 0.321. The first-order valence-corrected chi connectivity index (χ1v) is 11.7. The molecule has 1 heterocycles. The van der Waals surface area contributed by atoms with Gasteiger partial charge in [0.2, 0.25) is 11.8 Å². The van der Waals surface area contributed by atoms with Crippen molar-refractivity contribution in [3.8, 4) is 5.75 Å². The summed E-state index contributed by atoms with van der Waals surface area (Å²) in [6.07, 6.45) is 3.22. The Morgan fingerprint density at radius 3 is 2.18 bits per heavy atom. The van der Waals surface area contributed by atoms with Gasteiger partial charge in [-0.05, 0) is 59.6 Å². The number of fused-ring (bicyclic) bond motifs is 6. The van der Waals surface area contributed by atoms with Crippen LogP contribution in [0.1, 0.15) is 24.8 Å². The minimum absolute atomic E-state index is 0.186. The van der Waals surface area contributed by atoms with Crippen LogP contribution in [-0.4, -0.2) is 28.7 Å². The standard InChI is InChI=1S/C28H25NO4/c30-26-24-20-10-11-21(15-20)25(24)27(31)29(26)23(14-17-6-2-1-3-7-17)28(32)33-22-13-12-18-8-4-5-9-19(18)16-22/h1-9,12-13,16,20-21,23-25H,10-11,14-15H2/t20-,21+,23-,24-,25+/m0/s1. The molecule has 3 aliphatic rings. The second kappa shape index (κ2) is 7.84. The predicted octanol–water partition coefficient (Wildman–Crippen LogP) is 4.39. The van der Waals surface area contributed by atoms with E-state index in [4.69, 9.17) is 4.74 Å². The van der Waals surface area contributed by atoms with Crippen LogP contribution in [-0.2, 0) is 20.8 Å². The van der Waals surface area contributed by atoms with Crippen molar-refractivity contribution in [3.63, 3.8) is 0 Å². The molecule has 2 amide bonds. The molecule has 2 saturated carbocycles. The lowest BCUT2D eigenvalue weighted by Gasteiger charge is -2.26. The molecule has 5 atom stereocenters. The molecular formula is C28H25NO4. The molecule has 0 radical (unpaired) electrons. The predicted molar refractivity (Wildman–Crippen MR) is 123 cm³/mol. The summed E-state index contributed by atoms with van der Waals surface area (Å²) in [5.74, 6) is -0.502. The minimum atomic E-state index is -0.969. The van der Waals surface area contributed by atoms with Crippen LogP contribution < -0.4 is 4.74 Å². The summed E-state index contributed by atoms with van der Waals surface area (Å²) < 4.78 is 5.77. The van der Waals surface area contributed by atoms with Gasteiger partial charge in [0.1, 0.15) is 11.8 Å². The van der Waals surface area contributed by atoms with E-state index in [0.717, 1.165) is 35.6 Å². The number of ether oxygens (including phenoxy) is 1. The Balaban J connectivity index is 1.32. The number of hydrogen-bond acceptors (Lipinski definition) is 4. The Labute approximate surface area is 192 Å². The first kappa shape index (κ1) is 20.2. The Morgan fingerprint density at radius 1 is 0.848 bits per heavy atom. The zero-order valence-corrected chi connectivity index (χ0v) is 18.2. The lowest BCUT2D eigenvalue weighted by atomic mass is 9.81. The first-order valence-electron chi connectivity index (χ1n) is 11.7. The number of rotatable bonds is 5. The van der Waals surface area contributed by atoms with Crippen molar-refractivity contribution < 1.29 is 19.1 Å². The summed E-state index contributed by atoms with van der Waals surface area (Å²) in [5.41, 5.74) is 0.888. The molecule has 0 N–H and O–H groups in total. The molecule has 166 valence electrons. The van der Waals surface area contributed by atoms with Gasteiger partial charge in [-0.25, -0.2) is 4.79 Å². The van der Waals surface area contributed by atoms with E-state index in [1.54, 1.807) is 6.07 Å². The van der Waals surface area contributed by atoms with Crippen LogP contribution >= 0.6 is 0 Å². The highest BCUT2D eigenvalue weighted by atomic mass is 16.5. The second-order valence-corrected chi connectivity index (χ2v) is 9.57. The largest absolute Gasteiger partial charge is 0.425 e. The van der Waals surface area contributed by atoms with Gasteiger partial charge in [0.25, 0.3) is 0 Å². The van der Waals surface area contributed by atoms with Crippen molar-refractivity contribution in [2.75, 3.05) is 0 Å². The van der Waals surface area contributed by atoms with E-state index in [1.807, 2.05) is 66.7 Å². The highest BCUT2D eigenvalue weighted by Gasteiger charge is 2.62. The Morgan fingerprint density at radius 2 is 1.48 bits per heavy atom. The van der Waals surface area contributed by atoms with Gasteiger partial charge < -0.3 is 4.74 Å². The molecule has 0 spiro atoms. The molecule has 3 aromatic carbocycles. The monoisotopic (exact) mass is 439 g/mol. The fourth-order valence-corrected chi connectivity index (χ4v) is 6.27. The molecule has 2 aliphatic carbocycles. The van der Waals surface area contributed by atoms with Crippen molar-refractivity contribution in [1.82, 2.24) is 4.90 Å². The van der Waals surface area contributed by atoms with E-state index in [9.17, 15) is 14.4 Å². The molecule has 2 bridgehead atoms. The molecule has 1 aliphatic heterocycles. The van der Waals surface area contributed by atoms with E-state index in [-0.39, 0.29) is 41.9 Å². The van der Waals surface area contributed by atoms with Gasteiger partial charge >= 0.3 is 5.97 Å². The highest BCUT2D eigenvalue weighted by molar-refractivity contribution is 6.08. The number of nitrogens with zero attached hydrogens (tertiary/aromatic N) is 1. The molecular weight excluding hydrogens is 414 g/mol. The fourth-order valence-electron chi connectivity index (χ4n) is 6.27. The van der Waals surface area contributed by atoms with Crippen molar-refractivity contribution >= 4 is 28.6 Å². The molecule has 0 unspecified atom stereocenters. The number of amides is 2. The zero-order valence-electron chi connectivity index (χ0n) is 18.2. The molecule has 6 rings (SSSR count). The van der Waals surface area contributed by atoms with E-state index in [0.29, 0.717) is 5.75 Å². The van der Waals surface area contributed by atoms with Crippen molar-refractivity contribution in [2.45, 2.75) is 31.7 Å². The van der Waals surface area contributed by atoms with Crippen molar-refractivity contribution in [3.05, 3.63) is 78.4 Å². The van der Waals surface area contributed by atoms with E-state index < -0.39 is 12.0 Å². The van der Waals surface area contributed by atoms with Crippen LogP contribution in [0.4, 0.5) is 0 Å². The van der Waals surface area contributed by atoms with Gasteiger partial charge in [0.05, 0.1) is 11.8 Å². The quantitative estimate of drug-likeness (QED) is 0.336. The number of likely N-dealkylation sites (tertiary alicyclic amines) is 1. The average Bonchev–Trinajstić information content (AvgIpc) is 3.52. The van der Waals surface area contributed by atoms with Gasteiger partial charge in [-0.15, -0.1) is 0 Å². The lowest BCUT2D eigenvalue weighted by molar-refractivity contribution is -0.154. The van der Waals surface area contributed by atoms with Gasteiger partial charge in [0, 0.05) is 6.42 Å². The number of imide groups is 1. The van der Waals surface area contributed by atoms with Crippen LogP contribution in [0.5, 0.6) is 5.75 Å². The van der Waals surface area contributed by atoms with Gasteiger partial charge in [-0.3, -0.25) is 14.5 Å². The van der Waals surface area contributed by atoms with Gasteiger partial charge in [-0.1, -0.05) is 60.7 Å². The van der Waals surface area contributed by atoms with E-state index in [2.05, 4.69) is 0 Å². The van der Waals surface area contributed by atoms with Crippen LogP contribution in [0.15, 0.2) is 72.8 Å². The van der Waals surface area contributed by atoms with Crippen molar-refractivity contribution in [2.24, 2.45) is 23.7 Å². The summed E-state index contributed by atoms with van der Waals surface area (Å²) >= 11 is 0. The summed E-state index contributed by atoms with van der Waals surface area (Å²) in [7, 11) is 0. The Bertz CT molecular complexity index is 1230. The summed E-state index contributed by atoms with van der Waals surface area (Å²) in [6.45, 7) is 0. The number of carbonyl (C=O) groups excluding carboxylic acids is 3. The topological polar surface area (TPSA) is 63.7 Å². The third-order valence-electron chi connectivity index (χ3n) is 7.76. The Kier molecular flexibility index (Phi) is 4.79. The van der Waals surface area contributed by atoms with Crippen LogP contribution in [0, 0.1) is 23.7 Å². The normalized spacial score (nSPS) is 26.6. The molecule has 5 nitrogen and oxygen atoms in total. The highest BCUT2D eigenvalue weighted by Crippen LogP contribution is 2.56. The SMILES string of the molecule is O=C(Oc1ccc2ccccc2c1)[C@H](Cc1ccccc1)N1C(=O)[C@@H]2[C@@H]3CC[C@@H](C3)[C@@H]2C1=O. The maximum atomic E-state index is 13.5. The van der Waals surface area contributed by atoms with Crippen LogP contribution in [0.2, 0.25) is 0 Å². The summed E-state index contributed by atoms with van der Waals surface area (Å²) in [4.78, 5) is 41.6. The number of hydrogen-bond donors (Lipinski definition) is 0. The first-order chi connectivity index (χ1) is 16.1. The third kappa shape index (κ3) is 3.34. The molecule has 33 heavy (non-hydrogen) atoms. The molecule has 1 saturated heterocycles. The molecule has 3 aromatic rings. The molecule has 3 fully saturated rings. The number of carbonyl (C=O) groups is 3. The van der Waals surface area contributed by atoms with Crippen molar-refractivity contribution in [1.29, 1.82) is 0 Å². The number of esters is 1. The van der Waals surface area contributed by atoms with Gasteiger partial charge in [-0.2, -0.15) is 0 Å². The zero-order chi connectivity index (χ0) is 22.5. The van der Waals surface area contributed by atoms with Gasteiger partial charge in [0.15, 0.2) is 0 Å². The maximum absolute atomic E-state index is 13.5. The average molecular weight is 440 g/mol.